The molecular formula is C14H12N2O4. The lowest BCUT2D eigenvalue weighted by atomic mass is 9.86. The van der Waals surface area contributed by atoms with E-state index >= 15 is 0 Å². The zero-order valence-electron chi connectivity index (χ0n) is 10.9. The highest BCUT2D eigenvalue weighted by Gasteiger charge is 2.26. The van der Waals surface area contributed by atoms with Crippen LogP contribution >= 0.6 is 0 Å². The van der Waals surface area contributed by atoms with Gasteiger partial charge in [0.05, 0.1) is 22.6 Å². The molecule has 0 atom stereocenters. The van der Waals surface area contributed by atoms with Crippen molar-refractivity contribution in [2.24, 2.45) is 0 Å². The fourth-order valence-corrected chi connectivity index (χ4v) is 2.08. The molecule has 0 amide bonds. The summed E-state index contributed by atoms with van der Waals surface area (Å²) in [4.78, 5) is 22.3. The molecule has 0 saturated carbocycles. The molecule has 1 aromatic heterocycles. The van der Waals surface area contributed by atoms with Crippen molar-refractivity contribution < 1.29 is 19.8 Å². The van der Waals surface area contributed by atoms with E-state index in [9.17, 15) is 20.0 Å². The molecule has 2 aromatic rings. The summed E-state index contributed by atoms with van der Waals surface area (Å²) in [5.74, 6) is -1.10. The summed E-state index contributed by atoms with van der Waals surface area (Å²) >= 11 is 0. The average molecular weight is 272 g/mol. The number of nitriles is 1. The van der Waals surface area contributed by atoms with Gasteiger partial charge in [0.25, 0.3) is 0 Å². The zero-order chi connectivity index (χ0) is 15.1. The van der Waals surface area contributed by atoms with Crippen LogP contribution in [-0.2, 0) is 5.41 Å². The van der Waals surface area contributed by atoms with Crippen molar-refractivity contribution in [2.75, 3.05) is 0 Å². The summed E-state index contributed by atoms with van der Waals surface area (Å²) in [7, 11) is 0. The maximum atomic E-state index is 11.2. The van der Waals surface area contributed by atoms with E-state index in [0.29, 0.717) is 16.5 Å². The second-order valence-electron chi connectivity index (χ2n) is 4.97. The summed E-state index contributed by atoms with van der Waals surface area (Å²) in [6.07, 6.45) is 0.181. The van der Waals surface area contributed by atoms with E-state index in [2.05, 4.69) is 6.07 Å². The summed E-state index contributed by atoms with van der Waals surface area (Å²) in [6.45, 7) is 3.31. The lowest BCUT2D eigenvalue weighted by Crippen LogP contribution is -2.14. The van der Waals surface area contributed by atoms with E-state index in [4.69, 9.17) is 5.11 Å². The molecule has 0 aliphatic rings. The number of hydrogen-bond acceptors (Lipinski definition) is 3. The van der Waals surface area contributed by atoms with E-state index in [0.717, 1.165) is 4.57 Å². The first-order valence-corrected chi connectivity index (χ1v) is 5.81. The molecule has 0 fully saturated rings. The van der Waals surface area contributed by atoms with E-state index in [1.54, 1.807) is 13.8 Å². The highest BCUT2D eigenvalue weighted by atomic mass is 16.4. The number of benzene rings is 1. The fourth-order valence-electron chi connectivity index (χ4n) is 2.08. The van der Waals surface area contributed by atoms with Gasteiger partial charge in [0.15, 0.2) is 0 Å². The van der Waals surface area contributed by atoms with Crippen LogP contribution in [0.5, 0.6) is 0 Å². The fraction of sp³-hybridized carbons (Fsp3) is 0.214. The van der Waals surface area contributed by atoms with Gasteiger partial charge in [0.2, 0.25) is 0 Å². The van der Waals surface area contributed by atoms with Crippen molar-refractivity contribution >= 4 is 23.0 Å². The van der Waals surface area contributed by atoms with Crippen molar-refractivity contribution in [1.29, 1.82) is 5.26 Å². The molecule has 0 saturated heterocycles. The van der Waals surface area contributed by atoms with Gasteiger partial charge in [-0.05, 0) is 37.6 Å². The van der Waals surface area contributed by atoms with Crippen molar-refractivity contribution in [1.82, 2.24) is 4.57 Å². The van der Waals surface area contributed by atoms with Crippen LogP contribution in [0, 0.1) is 11.3 Å². The zero-order valence-corrected chi connectivity index (χ0v) is 10.9. The topological polar surface area (TPSA) is 103 Å². The van der Waals surface area contributed by atoms with Crippen molar-refractivity contribution in [3.63, 3.8) is 0 Å². The van der Waals surface area contributed by atoms with E-state index < -0.39 is 17.5 Å². The number of aromatic nitrogens is 1. The Kier molecular flexibility index (Phi) is 2.99. The molecule has 0 spiro atoms. The Hall–Kier alpha value is -2.81. The number of fused-ring (bicyclic) bond motifs is 1. The van der Waals surface area contributed by atoms with Gasteiger partial charge in [-0.15, -0.1) is 0 Å². The number of carboxylic acids is 1. The van der Waals surface area contributed by atoms with Crippen LogP contribution in [0.1, 0.15) is 29.8 Å². The number of carbonyl (C=O) groups is 2. The molecule has 6 nitrogen and oxygen atoms in total. The number of aromatic carboxylic acids is 1. The largest absolute Gasteiger partial charge is 0.478 e. The molecular weight excluding hydrogens is 260 g/mol. The predicted octanol–water partition coefficient (Wildman–Crippen LogP) is 2.67. The average Bonchev–Trinajstić information content (AvgIpc) is 2.77. The summed E-state index contributed by atoms with van der Waals surface area (Å²) in [6, 6.07) is 6.27. The highest BCUT2D eigenvalue weighted by Crippen LogP contribution is 2.32. The molecule has 6 heteroatoms. The SMILES string of the molecule is CC(C)(C#N)c1cn(C(=O)O)c2ccc(C(=O)O)cc12. The van der Waals surface area contributed by atoms with Crippen LogP contribution in [-0.4, -0.2) is 26.8 Å². The number of nitrogens with zero attached hydrogens (tertiary/aromatic N) is 2. The van der Waals surface area contributed by atoms with Gasteiger partial charge in [-0.3, -0.25) is 4.57 Å². The molecule has 2 rings (SSSR count). The maximum Gasteiger partial charge on any atom is 0.416 e. The van der Waals surface area contributed by atoms with Gasteiger partial charge < -0.3 is 10.2 Å². The quantitative estimate of drug-likeness (QED) is 0.874. The summed E-state index contributed by atoms with van der Waals surface area (Å²) < 4.78 is 0.995. The minimum absolute atomic E-state index is 0.0515. The number of rotatable bonds is 2. The normalized spacial score (nSPS) is 11.2. The number of carboxylic acid groups (broad SMARTS) is 2. The van der Waals surface area contributed by atoms with Crippen molar-refractivity contribution in [3.05, 3.63) is 35.5 Å². The third-order valence-electron chi connectivity index (χ3n) is 3.21. The lowest BCUT2D eigenvalue weighted by molar-refractivity contribution is 0.0697. The lowest BCUT2D eigenvalue weighted by Gasteiger charge is -2.13. The van der Waals surface area contributed by atoms with Crippen molar-refractivity contribution in [2.45, 2.75) is 19.3 Å². The van der Waals surface area contributed by atoms with Crippen LogP contribution in [0.2, 0.25) is 0 Å². The third-order valence-corrected chi connectivity index (χ3v) is 3.21. The Morgan fingerprint density at radius 3 is 2.45 bits per heavy atom. The second-order valence-corrected chi connectivity index (χ2v) is 4.97. The second kappa shape index (κ2) is 4.38. The molecule has 1 aromatic carbocycles. The first kappa shape index (κ1) is 13.6. The van der Waals surface area contributed by atoms with Gasteiger partial charge in [0.1, 0.15) is 0 Å². The third kappa shape index (κ3) is 1.99. The Morgan fingerprint density at radius 1 is 1.30 bits per heavy atom. The van der Waals surface area contributed by atoms with Crippen LogP contribution in [0.25, 0.3) is 10.9 Å². The van der Waals surface area contributed by atoms with Gasteiger partial charge in [-0.1, -0.05) is 0 Å². The Labute approximate surface area is 114 Å². The molecule has 0 unspecified atom stereocenters. The molecule has 0 aliphatic heterocycles. The molecule has 0 aliphatic carbocycles. The first-order valence-electron chi connectivity index (χ1n) is 5.81. The Balaban J connectivity index is 2.87. The summed E-state index contributed by atoms with van der Waals surface area (Å²) in [5.41, 5.74) is -0.0206. The van der Waals surface area contributed by atoms with Gasteiger partial charge in [-0.2, -0.15) is 5.26 Å². The van der Waals surface area contributed by atoms with Crippen LogP contribution < -0.4 is 0 Å². The predicted molar refractivity (Wildman–Crippen MR) is 71.0 cm³/mol. The molecule has 0 bridgehead atoms. The van der Waals surface area contributed by atoms with Crippen LogP contribution in [0.15, 0.2) is 24.4 Å². The smallest absolute Gasteiger partial charge is 0.416 e. The van der Waals surface area contributed by atoms with E-state index in [1.807, 2.05) is 0 Å². The van der Waals surface area contributed by atoms with Gasteiger partial charge in [0, 0.05) is 11.6 Å². The minimum atomic E-state index is -1.18. The minimum Gasteiger partial charge on any atom is -0.478 e. The first-order chi connectivity index (χ1) is 9.27. The van der Waals surface area contributed by atoms with E-state index in [-0.39, 0.29) is 5.56 Å². The standard InChI is InChI=1S/C14H12N2O4/c1-14(2,7-15)10-6-16(13(19)20)11-4-3-8(12(17)18)5-9(10)11/h3-6H,1-2H3,(H,17,18)(H,19,20). The molecule has 20 heavy (non-hydrogen) atoms. The molecule has 2 N–H and O–H groups in total. The van der Waals surface area contributed by atoms with Gasteiger partial charge in [-0.25, -0.2) is 9.59 Å². The van der Waals surface area contributed by atoms with E-state index in [1.165, 1.54) is 24.4 Å². The summed E-state index contributed by atoms with van der Waals surface area (Å²) in [5, 5.41) is 27.9. The Bertz CT molecular complexity index is 765. The molecule has 0 radical (unpaired) electrons. The van der Waals surface area contributed by atoms with Crippen molar-refractivity contribution in [3.8, 4) is 6.07 Å². The maximum absolute atomic E-state index is 11.2. The molecule has 102 valence electrons. The molecule has 1 heterocycles. The van der Waals surface area contributed by atoms with Crippen LogP contribution in [0.4, 0.5) is 4.79 Å². The highest BCUT2D eigenvalue weighted by molar-refractivity contribution is 5.98. The monoisotopic (exact) mass is 272 g/mol. The number of hydrogen-bond donors (Lipinski definition) is 2. The van der Waals surface area contributed by atoms with Crippen LogP contribution in [0.3, 0.4) is 0 Å². The Morgan fingerprint density at radius 2 is 1.95 bits per heavy atom. The van der Waals surface area contributed by atoms with Gasteiger partial charge >= 0.3 is 12.1 Å².